The summed E-state index contributed by atoms with van der Waals surface area (Å²) >= 11 is 0. The van der Waals surface area contributed by atoms with Gasteiger partial charge in [-0.15, -0.1) is 0 Å². The highest BCUT2D eigenvalue weighted by atomic mass is 19.1. The predicted octanol–water partition coefficient (Wildman–Crippen LogP) is 1.91. The van der Waals surface area contributed by atoms with Gasteiger partial charge in [0, 0.05) is 6.07 Å². The molecule has 0 bridgehead atoms. The highest BCUT2D eigenvalue weighted by Crippen LogP contribution is 2.21. The zero-order chi connectivity index (χ0) is 10.1. The van der Waals surface area contributed by atoms with E-state index in [9.17, 15) is 13.6 Å². The number of nitrogens with one attached hydrogen (secondary N) is 1. The van der Waals surface area contributed by atoms with Crippen molar-refractivity contribution in [2.75, 3.05) is 0 Å². The van der Waals surface area contributed by atoms with Gasteiger partial charge in [-0.25, -0.2) is 8.78 Å². The Morgan fingerprint density at radius 2 is 2.00 bits per heavy atom. The number of benzene rings is 1. The maximum atomic E-state index is 13.1. The van der Waals surface area contributed by atoms with Crippen molar-refractivity contribution in [2.45, 2.75) is 0 Å². The van der Waals surface area contributed by atoms with Crippen molar-refractivity contribution >= 4 is 0 Å². The first kappa shape index (κ1) is 8.68. The summed E-state index contributed by atoms with van der Waals surface area (Å²) in [6.45, 7) is 0. The van der Waals surface area contributed by atoms with Gasteiger partial charge < -0.3 is 4.52 Å². The summed E-state index contributed by atoms with van der Waals surface area (Å²) in [4.78, 5) is 10.7. The number of aromatic amines is 1. The third kappa shape index (κ3) is 1.44. The third-order valence-electron chi connectivity index (χ3n) is 1.72. The topological polar surface area (TPSA) is 46.0 Å². The molecule has 0 amide bonds. The van der Waals surface area contributed by atoms with Crippen LogP contribution in [-0.4, -0.2) is 5.16 Å². The van der Waals surface area contributed by atoms with Crippen molar-refractivity contribution < 1.29 is 13.3 Å². The summed E-state index contributed by atoms with van der Waals surface area (Å²) in [5.74, 6) is -1.40. The van der Waals surface area contributed by atoms with Crippen LogP contribution in [0.4, 0.5) is 8.78 Å². The number of halogens is 2. The molecule has 5 heteroatoms. The van der Waals surface area contributed by atoms with Crippen LogP contribution in [0, 0.1) is 11.6 Å². The first-order valence-electron chi connectivity index (χ1n) is 3.81. The number of hydrogen-bond donors (Lipinski definition) is 1. The van der Waals surface area contributed by atoms with Gasteiger partial charge >= 0.3 is 0 Å². The van der Waals surface area contributed by atoms with E-state index < -0.39 is 17.2 Å². The van der Waals surface area contributed by atoms with Crippen LogP contribution in [-0.2, 0) is 0 Å². The molecule has 0 unspecified atom stereocenters. The molecule has 1 heterocycles. The number of H-pyrrole nitrogens is 1. The number of aromatic nitrogens is 1. The Balaban J connectivity index is 2.57. The predicted molar refractivity (Wildman–Crippen MR) is 44.7 cm³/mol. The van der Waals surface area contributed by atoms with Crippen LogP contribution in [0.15, 0.2) is 33.6 Å². The Hall–Kier alpha value is -1.91. The van der Waals surface area contributed by atoms with E-state index in [4.69, 9.17) is 0 Å². The lowest BCUT2D eigenvalue weighted by Crippen LogP contribution is -1.92. The van der Waals surface area contributed by atoms with E-state index in [-0.39, 0.29) is 11.3 Å². The highest BCUT2D eigenvalue weighted by Gasteiger charge is 2.09. The van der Waals surface area contributed by atoms with Crippen molar-refractivity contribution in [1.82, 2.24) is 5.16 Å². The molecule has 72 valence electrons. The lowest BCUT2D eigenvalue weighted by molar-refractivity contribution is 0.423. The minimum absolute atomic E-state index is 0.0461. The van der Waals surface area contributed by atoms with Crippen molar-refractivity contribution in [3.05, 3.63) is 46.3 Å². The van der Waals surface area contributed by atoms with Gasteiger partial charge in [-0.2, -0.15) is 5.16 Å². The summed E-state index contributed by atoms with van der Waals surface area (Å²) in [7, 11) is 0. The van der Waals surface area contributed by atoms with E-state index in [2.05, 4.69) is 4.52 Å². The molecule has 2 aromatic rings. The van der Waals surface area contributed by atoms with E-state index in [0.29, 0.717) is 0 Å². The van der Waals surface area contributed by atoms with Gasteiger partial charge in [0.1, 0.15) is 11.6 Å². The van der Waals surface area contributed by atoms with E-state index in [1.807, 2.05) is 5.16 Å². The minimum atomic E-state index is -0.771. The first-order valence-corrected chi connectivity index (χ1v) is 3.81. The van der Waals surface area contributed by atoms with E-state index in [0.717, 1.165) is 18.2 Å². The second-order valence-corrected chi connectivity index (χ2v) is 2.70. The molecule has 2 rings (SSSR count). The molecule has 0 aliphatic rings. The van der Waals surface area contributed by atoms with Crippen molar-refractivity contribution in [3.8, 4) is 11.3 Å². The smallest absolute Gasteiger partial charge is 0.280 e. The van der Waals surface area contributed by atoms with Crippen LogP contribution in [0.5, 0.6) is 0 Å². The van der Waals surface area contributed by atoms with Crippen molar-refractivity contribution in [3.63, 3.8) is 0 Å². The summed E-state index contributed by atoms with van der Waals surface area (Å²) in [6, 6.07) is 4.11. The van der Waals surface area contributed by atoms with Gasteiger partial charge in [-0.3, -0.25) is 4.79 Å². The monoisotopic (exact) mass is 197 g/mol. The van der Waals surface area contributed by atoms with Gasteiger partial charge in [0.15, 0.2) is 5.76 Å². The molecule has 1 aromatic heterocycles. The molecule has 1 N–H and O–H groups in total. The number of hydrogen-bond acceptors (Lipinski definition) is 2. The normalized spacial score (nSPS) is 10.4. The van der Waals surface area contributed by atoms with Crippen LogP contribution < -0.4 is 5.56 Å². The largest absolute Gasteiger partial charge is 0.378 e. The SMILES string of the molecule is O=c1cc(-c2ccc(F)cc2F)o[nH]1. The van der Waals surface area contributed by atoms with Crippen LogP contribution in [0.2, 0.25) is 0 Å². The average molecular weight is 197 g/mol. The second-order valence-electron chi connectivity index (χ2n) is 2.70. The molecule has 0 saturated heterocycles. The molecule has 0 aliphatic heterocycles. The van der Waals surface area contributed by atoms with Gasteiger partial charge in [0.2, 0.25) is 0 Å². The summed E-state index contributed by atoms with van der Waals surface area (Å²) in [5.41, 5.74) is -0.423. The Labute approximate surface area is 76.9 Å². The Morgan fingerprint density at radius 3 is 2.57 bits per heavy atom. The second kappa shape index (κ2) is 3.10. The molecular formula is C9H5F2NO2. The summed E-state index contributed by atoms with van der Waals surface area (Å²) in [6.07, 6.45) is 0. The van der Waals surface area contributed by atoms with E-state index >= 15 is 0 Å². The van der Waals surface area contributed by atoms with Gasteiger partial charge in [0.25, 0.3) is 5.56 Å². The van der Waals surface area contributed by atoms with E-state index in [1.165, 1.54) is 6.07 Å². The fourth-order valence-electron chi connectivity index (χ4n) is 1.11. The minimum Gasteiger partial charge on any atom is -0.378 e. The van der Waals surface area contributed by atoms with Gasteiger partial charge in [-0.1, -0.05) is 0 Å². The fourth-order valence-corrected chi connectivity index (χ4v) is 1.11. The van der Waals surface area contributed by atoms with Crippen LogP contribution >= 0.6 is 0 Å². The lowest BCUT2D eigenvalue weighted by Gasteiger charge is -1.97. The molecule has 0 saturated carbocycles. The standard InChI is InChI=1S/C9H5F2NO2/c10-5-1-2-6(7(11)3-5)8-4-9(13)12-14-8/h1-4H,(H,12,13). The molecule has 0 spiro atoms. The molecular weight excluding hydrogens is 192 g/mol. The highest BCUT2D eigenvalue weighted by molar-refractivity contribution is 5.57. The quantitative estimate of drug-likeness (QED) is 0.758. The molecule has 0 aliphatic carbocycles. The lowest BCUT2D eigenvalue weighted by atomic mass is 10.1. The van der Waals surface area contributed by atoms with Gasteiger partial charge in [-0.05, 0) is 12.1 Å². The zero-order valence-electron chi connectivity index (χ0n) is 6.88. The summed E-state index contributed by atoms with van der Waals surface area (Å²) in [5, 5.41) is 2.02. The van der Waals surface area contributed by atoms with Crippen molar-refractivity contribution in [1.29, 1.82) is 0 Å². The van der Waals surface area contributed by atoms with Crippen LogP contribution in [0.1, 0.15) is 0 Å². The van der Waals surface area contributed by atoms with Gasteiger partial charge in [0.05, 0.1) is 11.6 Å². The molecule has 0 radical (unpaired) electrons. The maximum Gasteiger partial charge on any atom is 0.280 e. The molecule has 0 fully saturated rings. The maximum absolute atomic E-state index is 13.1. The van der Waals surface area contributed by atoms with Crippen LogP contribution in [0.3, 0.4) is 0 Å². The Morgan fingerprint density at radius 1 is 1.21 bits per heavy atom. The Bertz CT molecular complexity index is 516. The third-order valence-corrected chi connectivity index (χ3v) is 1.72. The molecule has 3 nitrogen and oxygen atoms in total. The molecule has 14 heavy (non-hydrogen) atoms. The van der Waals surface area contributed by atoms with Crippen molar-refractivity contribution in [2.24, 2.45) is 0 Å². The summed E-state index contributed by atoms with van der Waals surface area (Å²) < 4.78 is 30.3. The van der Waals surface area contributed by atoms with Crippen LogP contribution in [0.25, 0.3) is 11.3 Å². The van der Waals surface area contributed by atoms with E-state index in [1.54, 1.807) is 0 Å². The average Bonchev–Trinajstić information content (AvgIpc) is 2.51. The Kier molecular flexibility index (Phi) is 1.92. The zero-order valence-corrected chi connectivity index (χ0v) is 6.88. The fraction of sp³-hybridized carbons (Fsp3) is 0. The first-order chi connectivity index (χ1) is 6.66. The molecule has 0 atom stereocenters. The molecule has 1 aromatic carbocycles. The number of rotatable bonds is 1.